The molecule has 2 saturated heterocycles. The first kappa shape index (κ1) is 11.9. The number of nitrogens with one attached hydrogen (secondary N) is 2. The molecule has 16 heavy (non-hydrogen) atoms. The Bertz CT molecular complexity index is 257. The highest BCUT2D eigenvalue weighted by molar-refractivity contribution is 5.81. The average molecular weight is 226 g/mol. The van der Waals surface area contributed by atoms with Crippen LogP contribution in [0, 0.1) is 5.92 Å². The highest BCUT2D eigenvalue weighted by Crippen LogP contribution is 2.20. The first-order chi connectivity index (χ1) is 7.66. The van der Waals surface area contributed by atoms with Crippen LogP contribution in [0.3, 0.4) is 0 Å². The first-order valence-corrected chi connectivity index (χ1v) is 6.33. The van der Waals surface area contributed by atoms with E-state index in [-0.39, 0.29) is 24.2 Å². The topological polar surface area (TPSA) is 50.4 Å². The summed E-state index contributed by atoms with van der Waals surface area (Å²) >= 11 is 0. The molecule has 2 heterocycles. The zero-order valence-corrected chi connectivity index (χ0v) is 10.2. The summed E-state index contributed by atoms with van der Waals surface area (Å²) in [7, 11) is 0. The van der Waals surface area contributed by atoms with Crippen molar-refractivity contribution in [1.29, 1.82) is 0 Å². The number of piperidine rings is 1. The van der Waals surface area contributed by atoms with Gasteiger partial charge in [-0.15, -0.1) is 0 Å². The quantitative estimate of drug-likeness (QED) is 0.727. The molecule has 4 heteroatoms. The van der Waals surface area contributed by atoms with Gasteiger partial charge in [-0.2, -0.15) is 0 Å². The maximum absolute atomic E-state index is 11.9. The fraction of sp³-hybridized carbons (Fsp3) is 0.917. The third-order valence-electron chi connectivity index (χ3n) is 3.68. The third kappa shape index (κ3) is 2.74. The Morgan fingerprint density at radius 3 is 2.75 bits per heavy atom. The van der Waals surface area contributed by atoms with Gasteiger partial charge in [0.25, 0.3) is 0 Å². The minimum absolute atomic E-state index is 0.0740. The Hall–Kier alpha value is -0.610. The lowest BCUT2D eigenvalue weighted by molar-refractivity contribution is -0.132. The van der Waals surface area contributed by atoms with Crippen LogP contribution in [0.2, 0.25) is 0 Å². The molecular formula is C12H22N2O2. The van der Waals surface area contributed by atoms with Crippen molar-refractivity contribution in [2.24, 2.45) is 5.92 Å². The molecule has 1 amide bonds. The zero-order valence-electron chi connectivity index (χ0n) is 10.2. The molecule has 0 radical (unpaired) electrons. The zero-order chi connectivity index (χ0) is 11.5. The third-order valence-corrected chi connectivity index (χ3v) is 3.68. The van der Waals surface area contributed by atoms with Crippen LogP contribution >= 0.6 is 0 Å². The van der Waals surface area contributed by atoms with E-state index in [0.29, 0.717) is 5.92 Å². The molecule has 0 bridgehead atoms. The van der Waals surface area contributed by atoms with Crippen LogP contribution in [0.4, 0.5) is 0 Å². The van der Waals surface area contributed by atoms with Gasteiger partial charge in [0.2, 0.25) is 5.91 Å². The maximum Gasteiger partial charge on any atom is 0.249 e. The van der Waals surface area contributed by atoms with Crippen LogP contribution in [0.25, 0.3) is 0 Å². The average Bonchev–Trinajstić information content (AvgIpc) is 2.68. The van der Waals surface area contributed by atoms with E-state index in [2.05, 4.69) is 17.6 Å². The lowest BCUT2D eigenvalue weighted by atomic mass is 9.94. The molecule has 2 rings (SSSR count). The predicted octanol–water partition coefficient (Wildman–Crippen LogP) is 0.668. The van der Waals surface area contributed by atoms with Crippen molar-refractivity contribution in [2.45, 2.75) is 51.4 Å². The van der Waals surface area contributed by atoms with Gasteiger partial charge in [0, 0.05) is 12.6 Å². The van der Waals surface area contributed by atoms with E-state index in [1.165, 1.54) is 0 Å². The van der Waals surface area contributed by atoms with Crippen molar-refractivity contribution >= 4 is 5.91 Å². The molecule has 0 spiro atoms. The number of amides is 1. The second-order valence-corrected chi connectivity index (χ2v) is 5.10. The number of hydrogen-bond acceptors (Lipinski definition) is 3. The molecule has 4 atom stereocenters. The molecule has 4 nitrogen and oxygen atoms in total. The van der Waals surface area contributed by atoms with Crippen LogP contribution in [0.15, 0.2) is 0 Å². The molecule has 4 unspecified atom stereocenters. The van der Waals surface area contributed by atoms with Gasteiger partial charge in [-0.3, -0.25) is 4.79 Å². The van der Waals surface area contributed by atoms with E-state index in [0.717, 1.165) is 32.4 Å². The number of rotatable bonds is 2. The summed E-state index contributed by atoms with van der Waals surface area (Å²) < 4.78 is 5.57. The Kier molecular flexibility index (Phi) is 3.82. The van der Waals surface area contributed by atoms with Gasteiger partial charge in [-0.1, -0.05) is 6.92 Å². The minimum Gasteiger partial charge on any atom is -0.365 e. The second kappa shape index (κ2) is 5.15. The van der Waals surface area contributed by atoms with Crippen molar-refractivity contribution in [3.8, 4) is 0 Å². The number of ether oxygens (including phenoxy) is 1. The monoisotopic (exact) mass is 226 g/mol. The molecule has 0 aromatic heterocycles. The summed E-state index contributed by atoms with van der Waals surface area (Å²) in [6.45, 7) is 6.17. The normalized spacial score (nSPS) is 39.6. The summed E-state index contributed by atoms with van der Waals surface area (Å²) in [5, 5.41) is 6.42. The Balaban J connectivity index is 1.82. The standard InChI is InChI=1S/C12H22N2O2/c1-8-5-6-13-7-10(8)14-12(15)11-4-3-9(2)16-11/h8-11,13H,3-7H2,1-2H3,(H,14,15). The van der Waals surface area contributed by atoms with Gasteiger partial charge >= 0.3 is 0 Å². The Labute approximate surface area is 97.1 Å². The van der Waals surface area contributed by atoms with Crippen LogP contribution in [-0.2, 0) is 9.53 Å². The molecule has 2 aliphatic heterocycles. The van der Waals surface area contributed by atoms with E-state index >= 15 is 0 Å². The second-order valence-electron chi connectivity index (χ2n) is 5.10. The molecule has 0 aromatic carbocycles. The molecule has 0 aromatic rings. The summed E-state index contributed by atoms with van der Waals surface area (Å²) in [6, 6.07) is 0.265. The van der Waals surface area contributed by atoms with E-state index < -0.39 is 0 Å². The molecule has 2 fully saturated rings. The van der Waals surface area contributed by atoms with E-state index in [1.54, 1.807) is 0 Å². The van der Waals surface area contributed by atoms with Gasteiger partial charge in [-0.05, 0) is 38.6 Å². The van der Waals surface area contributed by atoms with Crippen LogP contribution < -0.4 is 10.6 Å². The van der Waals surface area contributed by atoms with E-state index in [1.807, 2.05) is 6.92 Å². The summed E-state index contributed by atoms with van der Waals surface area (Å²) in [6.07, 6.45) is 3.01. The van der Waals surface area contributed by atoms with Crippen molar-refractivity contribution < 1.29 is 9.53 Å². The number of carbonyl (C=O) groups is 1. The minimum atomic E-state index is -0.218. The van der Waals surface area contributed by atoms with Gasteiger partial charge < -0.3 is 15.4 Å². The van der Waals surface area contributed by atoms with Crippen molar-refractivity contribution in [2.75, 3.05) is 13.1 Å². The van der Waals surface area contributed by atoms with Crippen LogP contribution in [-0.4, -0.2) is 37.2 Å². The fourth-order valence-electron chi connectivity index (χ4n) is 2.45. The summed E-state index contributed by atoms with van der Waals surface area (Å²) in [5.74, 6) is 0.633. The van der Waals surface area contributed by atoms with Gasteiger partial charge in [-0.25, -0.2) is 0 Å². The van der Waals surface area contributed by atoms with Gasteiger partial charge in [0.15, 0.2) is 0 Å². The molecule has 92 valence electrons. The fourth-order valence-corrected chi connectivity index (χ4v) is 2.45. The highest BCUT2D eigenvalue weighted by Gasteiger charge is 2.31. The number of carbonyl (C=O) groups excluding carboxylic acids is 1. The Morgan fingerprint density at radius 1 is 1.31 bits per heavy atom. The Morgan fingerprint density at radius 2 is 2.12 bits per heavy atom. The summed E-state index contributed by atoms with van der Waals surface area (Å²) in [5.41, 5.74) is 0. The molecule has 2 aliphatic rings. The van der Waals surface area contributed by atoms with E-state index in [4.69, 9.17) is 4.74 Å². The maximum atomic E-state index is 11.9. The first-order valence-electron chi connectivity index (χ1n) is 6.33. The number of hydrogen-bond donors (Lipinski definition) is 2. The van der Waals surface area contributed by atoms with Gasteiger partial charge in [0.1, 0.15) is 6.10 Å². The van der Waals surface area contributed by atoms with Crippen LogP contribution in [0.5, 0.6) is 0 Å². The van der Waals surface area contributed by atoms with Crippen LogP contribution in [0.1, 0.15) is 33.1 Å². The van der Waals surface area contributed by atoms with E-state index in [9.17, 15) is 4.79 Å². The molecule has 2 N–H and O–H groups in total. The lowest BCUT2D eigenvalue weighted by Gasteiger charge is -2.31. The van der Waals surface area contributed by atoms with Gasteiger partial charge in [0.05, 0.1) is 6.10 Å². The predicted molar refractivity (Wildman–Crippen MR) is 62.2 cm³/mol. The van der Waals surface area contributed by atoms with Crippen molar-refractivity contribution in [3.63, 3.8) is 0 Å². The molecule has 0 aliphatic carbocycles. The molecule has 0 saturated carbocycles. The van der Waals surface area contributed by atoms with Crippen molar-refractivity contribution in [3.05, 3.63) is 0 Å². The highest BCUT2D eigenvalue weighted by atomic mass is 16.5. The largest absolute Gasteiger partial charge is 0.365 e. The smallest absolute Gasteiger partial charge is 0.249 e. The summed E-state index contributed by atoms with van der Waals surface area (Å²) in [4.78, 5) is 11.9. The lowest BCUT2D eigenvalue weighted by Crippen LogP contribution is -2.52. The van der Waals surface area contributed by atoms with Crippen molar-refractivity contribution in [1.82, 2.24) is 10.6 Å². The SMILES string of the molecule is CC1CCC(C(=O)NC2CNCCC2C)O1. The molecular weight excluding hydrogens is 204 g/mol.